The minimum atomic E-state index is -4.84. The highest BCUT2D eigenvalue weighted by Gasteiger charge is 2.31. The quantitative estimate of drug-likeness (QED) is 0.295. The number of alkyl halides is 3. The molecule has 0 aromatic heterocycles. The smallest absolute Gasteiger partial charge is 0.487 e. The number of carbonyl (C=O) groups is 2. The van der Waals surface area contributed by atoms with E-state index in [0.717, 1.165) is 30.3 Å². The lowest BCUT2D eigenvalue weighted by atomic mass is 10.0. The molecule has 0 aliphatic carbocycles. The second kappa shape index (κ2) is 10.3. The number of amides is 1. The third-order valence-corrected chi connectivity index (χ3v) is 4.71. The van der Waals surface area contributed by atoms with E-state index in [9.17, 15) is 38.0 Å². The number of hydrogen-bond acceptors (Lipinski definition) is 6. The molecule has 0 spiro atoms. The van der Waals surface area contributed by atoms with Gasteiger partial charge in [-0.2, -0.15) is 0 Å². The third-order valence-electron chi connectivity index (χ3n) is 4.41. The summed E-state index contributed by atoms with van der Waals surface area (Å²) in [5.41, 5.74) is -1.44. The SMILES string of the molecule is O=C(O)c1cccc([N+](=O)[O-])c1C(=O)Nc1ccc(OCc2cccc(OC(F)(F)F)c2)c(Cl)c1. The van der Waals surface area contributed by atoms with Crippen LogP contribution in [0.1, 0.15) is 26.3 Å². The number of ether oxygens (including phenoxy) is 2. The van der Waals surface area contributed by atoms with E-state index in [4.69, 9.17) is 16.3 Å². The molecule has 0 atom stereocenters. The van der Waals surface area contributed by atoms with Crippen LogP contribution >= 0.6 is 11.6 Å². The monoisotopic (exact) mass is 510 g/mol. The minimum absolute atomic E-state index is 0.00603. The molecular formula is C22H14ClF3N2O7. The first kappa shape index (κ1) is 25.3. The van der Waals surface area contributed by atoms with Crippen LogP contribution in [0.5, 0.6) is 11.5 Å². The number of nitro groups is 1. The van der Waals surface area contributed by atoms with Crippen molar-refractivity contribution in [2.75, 3.05) is 5.32 Å². The Morgan fingerprint density at radius 1 is 1.09 bits per heavy atom. The highest BCUT2D eigenvalue weighted by atomic mass is 35.5. The van der Waals surface area contributed by atoms with E-state index in [2.05, 4.69) is 10.1 Å². The number of aromatic carboxylic acids is 1. The summed E-state index contributed by atoms with van der Waals surface area (Å²) in [7, 11) is 0. The van der Waals surface area contributed by atoms with Gasteiger partial charge >= 0.3 is 12.3 Å². The van der Waals surface area contributed by atoms with Crippen molar-refractivity contribution in [3.63, 3.8) is 0 Å². The van der Waals surface area contributed by atoms with Crippen molar-refractivity contribution in [2.45, 2.75) is 13.0 Å². The summed E-state index contributed by atoms with van der Waals surface area (Å²) >= 11 is 6.15. The van der Waals surface area contributed by atoms with Crippen LogP contribution in [0.15, 0.2) is 60.7 Å². The zero-order valence-electron chi connectivity index (χ0n) is 17.3. The van der Waals surface area contributed by atoms with E-state index >= 15 is 0 Å². The number of carboxylic acid groups (broad SMARTS) is 1. The van der Waals surface area contributed by atoms with E-state index < -0.39 is 45.7 Å². The summed E-state index contributed by atoms with van der Waals surface area (Å²) in [5, 5.41) is 22.9. The van der Waals surface area contributed by atoms with Gasteiger partial charge in [0.05, 0.1) is 15.5 Å². The molecule has 35 heavy (non-hydrogen) atoms. The summed E-state index contributed by atoms with van der Waals surface area (Å²) in [4.78, 5) is 34.5. The first-order valence-electron chi connectivity index (χ1n) is 9.53. The molecule has 0 aliphatic rings. The fraction of sp³-hybridized carbons (Fsp3) is 0.0909. The maximum atomic E-state index is 12.7. The fourth-order valence-corrected chi connectivity index (χ4v) is 3.23. The largest absolute Gasteiger partial charge is 0.573 e. The molecule has 0 saturated heterocycles. The number of carbonyl (C=O) groups excluding carboxylic acids is 1. The van der Waals surface area contributed by atoms with E-state index in [-0.39, 0.29) is 23.1 Å². The zero-order chi connectivity index (χ0) is 25.8. The standard InChI is InChI=1S/C22H14ClF3N2O7/c23-16-10-13(27-20(29)19-15(21(30)31)5-2-6-17(19)28(32)33)7-8-18(16)34-11-12-3-1-4-14(9-12)35-22(24,25)26/h1-10H,11H2,(H,27,29)(H,30,31). The second-order valence-corrected chi connectivity index (χ2v) is 7.25. The molecule has 0 unspecified atom stereocenters. The molecular weight excluding hydrogens is 497 g/mol. The van der Waals surface area contributed by atoms with E-state index in [0.29, 0.717) is 5.56 Å². The fourth-order valence-electron chi connectivity index (χ4n) is 2.99. The number of carboxylic acids is 1. The van der Waals surface area contributed by atoms with Gasteiger partial charge < -0.3 is 19.9 Å². The van der Waals surface area contributed by atoms with Crippen LogP contribution in [-0.4, -0.2) is 28.3 Å². The van der Waals surface area contributed by atoms with Gasteiger partial charge in [0.2, 0.25) is 0 Å². The molecule has 0 bridgehead atoms. The minimum Gasteiger partial charge on any atom is -0.487 e. The summed E-state index contributed by atoms with van der Waals surface area (Å²) in [6.07, 6.45) is -4.84. The lowest BCUT2D eigenvalue weighted by molar-refractivity contribution is -0.385. The number of benzene rings is 3. The highest BCUT2D eigenvalue weighted by Crippen LogP contribution is 2.30. The normalized spacial score (nSPS) is 11.0. The van der Waals surface area contributed by atoms with Crippen LogP contribution in [0, 0.1) is 10.1 Å². The Labute approximate surface area is 199 Å². The number of nitro benzene ring substituents is 1. The van der Waals surface area contributed by atoms with Gasteiger partial charge in [0.1, 0.15) is 23.7 Å². The van der Waals surface area contributed by atoms with Crippen LogP contribution in [-0.2, 0) is 6.61 Å². The van der Waals surface area contributed by atoms with E-state index in [1.54, 1.807) is 0 Å². The molecule has 3 rings (SSSR count). The summed E-state index contributed by atoms with van der Waals surface area (Å²) in [5.74, 6) is -2.85. The van der Waals surface area contributed by atoms with Gasteiger partial charge in [0.25, 0.3) is 11.6 Å². The van der Waals surface area contributed by atoms with Gasteiger partial charge in [-0.3, -0.25) is 14.9 Å². The van der Waals surface area contributed by atoms with Crippen molar-refractivity contribution in [1.29, 1.82) is 0 Å². The van der Waals surface area contributed by atoms with Gasteiger partial charge in [-0.1, -0.05) is 29.8 Å². The van der Waals surface area contributed by atoms with Crippen molar-refractivity contribution in [3.8, 4) is 11.5 Å². The average Bonchev–Trinajstić information content (AvgIpc) is 2.77. The van der Waals surface area contributed by atoms with Gasteiger partial charge in [-0.05, 0) is 42.0 Å². The molecule has 182 valence electrons. The zero-order valence-corrected chi connectivity index (χ0v) is 18.1. The molecule has 9 nitrogen and oxygen atoms in total. The van der Waals surface area contributed by atoms with Crippen LogP contribution in [0.3, 0.4) is 0 Å². The number of halogens is 4. The summed E-state index contributed by atoms with van der Waals surface area (Å²) in [6.45, 7) is -0.154. The molecule has 0 aliphatic heterocycles. The lowest BCUT2D eigenvalue weighted by Gasteiger charge is -2.13. The molecule has 3 aromatic rings. The first-order valence-corrected chi connectivity index (χ1v) is 9.91. The number of rotatable bonds is 8. The molecule has 0 heterocycles. The van der Waals surface area contributed by atoms with Crippen molar-refractivity contribution in [3.05, 3.63) is 92.5 Å². The van der Waals surface area contributed by atoms with Crippen molar-refractivity contribution < 1.29 is 42.3 Å². The van der Waals surface area contributed by atoms with Gasteiger partial charge in [0.15, 0.2) is 0 Å². The van der Waals surface area contributed by atoms with Gasteiger partial charge in [-0.15, -0.1) is 13.2 Å². The third kappa shape index (κ3) is 6.60. The second-order valence-electron chi connectivity index (χ2n) is 6.85. The number of nitrogens with one attached hydrogen (secondary N) is 1. The first-order chi connectivity index (χ1) is 16.4. The molecule has 2 N–H and O–H groups in total. The Morgan fingerprint density at radius 3 is 2.43 bits per heavy atom. The number of anilines is 1. The van der Waals surface area contributed by atoms with E-state index in [1.807, 2.05) is 0 Å². The Balaban J connectivity index is 1.74. The highest BCUT2D eigenvalue weighted by molar-refractivity contribution is 6.32. The summed E-state index contributed by atoms with van der Waals surface area (Å²) in [6, 6.07) is 12.3. The van der Waals surface area contributed by atoms with Gasteiger partial charge in [-0.25, -0.2) is 4.79 Å². The molecule has 1 amide bonds. The van der Waals surface area contributed by atoms with Crippen LogP contribution < -0.4 is 14.8 Å². The van der Waals surface area contributed by atoms with Crippen molar-refractivity contribution in [2.24, 2.45) is 0 Å². The average molecular weight is 511 g/mol. The molecule has 0 saturated carbocycles. The Kier molecular flexibility index (Phi) is 7.45. The Hall–Kier alpha value is -4.32. The predicted molar refractivity (Wildman–Crippen MR) is 117 cm³/mol. The summed E-state index contributed by atoms with van der Waals surface area (Å²) < 4.78 is 46.5. The number of hydrogen-bond donors (Lipinski definition) is 2. The lowest BCUT2D eigenvalue weighted by Crippen LogP contribution is -2.18. The molecule has 3 aromatic carbocycles. The Morgan fingerprint density at radius 2 is 1.80 bits per heavy atom. The molecule has 0 radical (unpaired) electrons. The molecule has 0 fully saturated rings. The van der Waals surface area contributed by atoms with Crippen molar-refractivity contribution >= 4 is 34.9 Å². The van der Waals surface area contributed by atoms with Crippen LogP contribution in [0.2, 0.25) is 5.02 Å². The number of nitrogens with zero attached hydrogens (tertiary/aromatic N) is 1. The van der Waals surface area contributed by atoms with Crippen LogP contribution in [0.4, 0.5) is 24.5 Å². The Bertz CT molecular complexity index is 1270. The van der Waals surface area contributed by atoms with E-state index in [1.165, 1.54) is 30.3 Å². The predicted octanol–water partition coefficient (Wildman–Crippen LogP) is 5.68. The molecule has 13 heteroatoms. The van der Waals surface area contributed by atoms with Crippen molar-refractivity contribution in [1.82, 2.24) is 0 Å². The topological polar surface area (TPSA) is 128 Å². The van der Waals surface area contributed by atoms with Gasteiger partial charge in [0, 0.05) is 11.8 Å². The maximum Gasteiger partial charge on any atom is 0.573 e. The van der Waals surface area contributed by atoms with Crippen LogP contribution in [0.25, 0.3) is 0 Å². The maximum absolute atomic E-state index is 12.7.